The molecule has 5 nitrogen and oxygen atoms in total. The third-order valence-corrected chi connectivity index (χ3v) is 5.03. The zero-order valence-electron chi connectivity index (χ0n) is 16.0. The number of pyridine rings is 1. The Labute approximate surface area is 172 Å². The molecule has 0 unspecified atom stereocenters. The van der Waals surface area contributed by atoms with E-state index in [1.165, 1.54) is 6.07 Å². The molecular formula is C24H18FN5. The summed E-state index contributed by atoms with van der Waals surface area (Å²) in [6.07, 6.45) is 4.00. The van der Waals surface area contributed by atoms with Crippen LogP contribution in [0.1, 0.15) is 11.1 Å². The van der Waals surface area contributed by atoms with Crippen molar-refractivity contribution in [2.24, 2.45) is 0 Å². The van der Waals surface area contributed by atoms with Crippen molar-refractivity contribution < 1.29 is 4.39 Å². The van der Waals surface area contributed by atoms with Crippen LogP contribution in [0.4, 0.5) is 10.3 Å². The summed E-state index contributed by atoms with van der Waals surface area (Å²) in [7, 11) is 0. The minimum Gasteiger partial charge on any atom is -0.368 e. The molecule has 6 heteroatoms. The number of nitrogens with zero attached hydrogens (tertiary/aromatic N) is 4. The van der Waals surface area contributed by atoms with Gasteiger partial charge < -0.3 is 5.73 Å². The Morgan fingerprint density at radius 1 is 0.933 bits per heavy atom. The van der Waals surface area contributed by atoms with Crippen LogP contribution in [-0.2, 0) is 6.42 Å². The molecule has 0 aliphatic carbocycles. The number of benzene rings is 2. The molecule has 0 saturated carbocycles. The Morgan fingerprint density at radius 3 is 2.60 bits per heavy atom. The SMILES string of the molecule is Nc1nccc(-c2c(-c3ccc(F)c(Cc4ccccc4)c3)nn3ccccc23)n1. The van der Waals surface area contributed by atoms with Gasteiger partial charge in [-0.3, -0.25) is 0 Å². The standard InChI is InChI=1S/C24H18FN5/c25-19-10-9-17(15-18(19)14-16-6-2-1-3-7-16)23-22(20-11-12-27-24(26)28-20)21-8-4-5-13-30(21)29-23/h1-13,15H,14H2,(H2,26,27,28). The Balaban J connectivity index is 1.68. The molecule has 0 spiro atoms. The molecule has 0 bridgehead atoms. The maximum Gasteiger partial charge on any atom is 0.220 e. The van der Waals surface area contributed by atoms with E-state index in [-0.39, 0.29) is 11.8 Å². The molecule has 0 amide bonds. The molecule has 2 N–H and O–H groups in total. The van der Waals surface area contributed by atoms with E-state index in [0.29, 0.717) is 23.4 Å². The number of hydrogen-bond donors (Lipinski definition) is 1. The number of aromatic nitrogens is 4. The third-order valence-electron chi connectivity index (χ3n) is 5.03. The van der Waals surface area contributed by atoms with Gasteiger partial charge in [-0.15, -0.1) is 0 Å². The van der Waals surface area contributed by atoms with Crippen LogP contribution in [0.15, 0.2) is 85.2 Å². The van der Waals surface area contributed by atoms with Crippen molar-refractivity contribution in [1.82, 2.24) is 19.6 Å². The summed E-state index contributed by atoms with van der Waals surface area (Å²) in [4.78, 5) is 8.39. The van der Waals surface area contributed by atoms with E-state index < -0.39 is 0 Å². The van der Waals surface area contributed by atoms with E-state index >= 15 is 0 Å². The van der Waals surface area contributed by atoms with E-state index in [1.807, 2.05) is 60.8 Å². The van der Waals surface area contributed by atoms with Gasteiger partial charge in [0, 0.05) is 24.4 Å². The average Bonchev–Trinajstić information content (AvgIpc) is 3.16. The van der Waals surface area contributed by atoms with Crippen molar-refractivity contribution in [2.75, 3.05) is 5.73 Å². The summed E-state index contributed by atoms with van der Waals surface area (Å²) in [6.45, 7) is 0. The zero-order chi connectivity index (χ0) is 20.5. The first-order valence-electron chi connectivity index (χ1n) is 9.58. The first-order chi connectivity index (χ1) is 14.7. The van der Waals surface area contributed by atoms with Gasteiger partial charge in [0.25, 0.3) is 0 Å². The van der Waals surface area contributed by atoms with Crippen LogP contribution in [-0.4, -0.2) is 19.6 Å². The van der Waals surface area contributed by atoms with Gasteiger partial charge in [0.2, 0.25) is 5.95 Å². The highest BCUT2D eigenvalue weighted by atomic mass is 19.1. The second-order valence-corrected chi connectivity index (χ2v) is 7.02. The average molecular weight is 395 g/mol. The van der Waals surface area contributed by atoms with Gasteiger partial charge in [0.15, 0.2) is 0 Å². The fourth-order valence-corrected chi connectivity index (χ4v) is 3.64. The van der Waals surface area contributed by atoms with Crippen LogP contribution in [0.3, 0.4) is 0 Å². The number of hydrogen-bond acceptors (Lipinski definition) is 4. The molecule has 0 aliphatic heterocycles. The topological polar surface area (TPSA) is 69.1 Å². The Bertz CT molecular complexity index is 1340. The molecular weight excluding hydrogens is 377 g/mol. The number of nitrogens with two attached hydrogens (primary N) is 1. The molecule has 5 rings (SSSR count). The van der Waals surface area contributed by atoms with Gasteiger partial charge in [-0.05, 0) is 47.5 Å². The number of fused-ring (bicyclic) bond motifs is 1. The number of anilines is 1. The fraction of sp³-hybridized carbons (Fsp3) is 0.0417. The van der Waals surface area contributed by atoms with E-state index in [4.69, 9.17) is 10.8 Å². The second kappa shape index (κ2) is 7.40. The summed E-state index contributed by atoms with van der Waals surface area (Å²) >= 11 is 0. The molecule has 0 fully saturated rings. The fourth-order valence-electron chi connectivity index (χ4n) is 3.64. The largest absolute Gasteiger partial charge is 0.368 e. The maximum absolute atomic E-state index is 14.6. The highest BCUT2D eigenvalue weighted by Gasteiger charge is 2.19. The second-order valence-electron chi connectivity index (χ2n) is 7.02. The quantitative estimate of drug-likeness (QED) is 0.476. The Kier molecular flexibility index (Phi) is 4.44. The molecule has 0 radical (unpaired) electrons. The number of nitrogen functional groups attached to an aromatic ring is 1. The molecule has 30 heavy (non-hydrogen) atoms. The highest BCUT2D eigenvalue weighted by molar-refractivity contribution is 5.91. The molecule has 0 aliphatic rings. The first-order valence-corrected chi connectivity index (χ1v) is 9.58. The van der Waals surface area contributed by atoms with Gasteiger partial charge in [-0.1, -0.05) is 36.4 Å². The zero-order valence-corrected chi connectivity index (χ0v) is 16.0. The minimum absolute atomic E-state index is 0.192. The molecule has 3 aromatic heterocycles. The lowest BCUT2D eigenvalue weighted by molar-refractivity contribution is 0.614. The molecule has 146 valence electrons. The van der Waals surface area contributed by atoms with E-state index in [9.17, 15) is 4.39 Å². The van der Waals surface area contributed by atoms with E-state index in [2.05, 4.69) is 9.97 Å². The summed E-state index contributed by atoms with van der Waals surface area (Å²) in [5.41, 5.74) is 11.4. The minimum atomic E-state index is -0.237. The summed E-state index contributed by atoms with van der Waals surface area (Å²) in [5, 5.41) is 4.76. The van der Waals surface area contributed by atoms with Crippen molar-refractivity contribution in [3.05, 3.63) is 102 Å². The first kappa shape index (κ1) is 18.0. The molecule has 3 heterocycles. The van der Waals surface area contributed by atoms with Gasteiger partial charge in [-0.2, -0.15) is 5.10 Å². The summed E-state index contributed by atoms with van der Waals surface area (Å²) in [5.74, 6) is -0.0446. The number of rotatable bonds is 4. The molecule has 0 atom stereocenters. The van der Waals surface area contributed by atoms with Gasteiger partial charge in [0.05, 0.1) is 16.8 Å². The Morgan fingerprint density at radius 2 is 1.77 bits per heavy atom. The normalized spacial score (nSPS) is 11.1. The van der Waals surface area contributed by atoms with Crippen LogP contribution in [0.25, 0.3) is 28.0 Å². The van der Waals surface area contributed by atoms with Crippen LogP contribution < -0.4 is 5.73 Å². The van der Waals surface area contributed by atoms with Crippen LogP contribution in [0.2, 0.25) is 0 Å². The number of halogens is 1. The summed E-state index contributed by atoms with van der Waals surface area (Å²) in [6, 6.07) is 22.6. The van der Waals surface area contributed by atoms with Crippen molar-refractivity contribution >= 4 is 11.5 Å². The lowest BCUT2D eigenvalue weighted by Gasteiger charge is -2.08. The van der Waals surface area contributed by atoms with Crippen molar-refractivity contribution in [3.63, 3.8) is 0 Å². The van der Waals surface area contributed by atoms with E-state index in [0.717, 1.165) is 22.2 Å². The predicted octanol–water partition coefficient (Wildman–Crippen LogP) is 4.77. The van der Waals surface area contributed by atoms with Gasteiger partial charge >= 0.3 is 0 Å². The smallest absolute Gasteiger partial charge is 0.220 e. The maximum atomic E-state index is 14.6. The van der Waals surface area contributed by atoms with Crippen LogP contribution >= 0.6 is 0 Å². The third kappa shape index (κ3) is 3.28. The van der Waals surface area contributed by atoms with Crippen LogP contribution in [0, 0.1) is 5.82 Å². The van der Waals surface area contributed by atoms with Crippen LogP contribution in [0.5, 0.6) is 0 Å². The van der Waals surface area contributed by atoms with Crippen molar-refractivity contribution in [1.29, 1.82) is 0 Å². The van der Waals surface area contributed by atoms with E-state index in [1.54, 1.807) is 22.8 Å². The Hall–Kier alpha value is -4.06. The summed E-state index contributed by atoms with van der Waals surface area (Å²) < 4.78 is 16.4. The van der Waals surface area contributed by atoms with Crippen molar-refractivity contribution in [3.8, 4) is 22.5 Å². The van der Waals surface area contributed by atoms with Gasteiger partial charge in [-0.25, -0.2) is 18.9 Å². The molecule has 0 saturated heterocycles. The van der Waals surface area contributed by atoms with Gasteiger partial charge in [0.1, 0.15) is 11.5 Å². The lowest BCUT2D eigenvalue weighted by atomic mass is 9.98. The molecule has 5 aromatic rings. The molecule has 2 aromatic carbocycles. The van der Waals surface area contributed by atoms with Crippen molar-refractivity contribution in [2.45, 2.75) is 6.42 Å². The lowest BCUT2D eigenvalue weighted by Crippen LogP contribution is -1.97. The highest BCUT2D eigenvalue weighted by Crippen LogP contribution is 2.35. The predicted molar refractivity (Wildman–Crippen MR) is 115 cm³/mol. The monoisotopic (exact) mass is 395 g/mol.